The Labute approximate surface area is 109 Å². The van der Waals surface area contributed by atoms with Crippen molar-refractivity contribution in [3.05, 3.63) is 58.1 Å². The third-order valence-electron chi connectivity index (χ3n) is 2.43. The van der Waals surface area contributed by atoms with Crippen molar-refractivity contribution >= 4 is 17.6 Å². The molecule has 1 aromatic heterocycles. The predicted octanol–water partition coefficient (Wildman–Crippen LogP) is 2.73. The standard InChI is InChI=1S/C13H11ClN2O2/c1-8-6-11(13(17)18)16-12(15-8)7-9-4-2-3-5-10(9)14/h2-6H,7H2,1H3,(H,17,18). The van der Waals surface area contributed by atoms with E-state index >= 15 is 0 Å². The lowest BCUT2D eigenvalue weighted by molar-refractivity contribution is 0.0689. The third-order valence-corrected chi connectivity index (χ3v) is 2.79. The molecule has 1 heterocycles. The molecule has 2 aromatic rings. The molecule has 1 N–H and O–H groups in total. The van der Waals surface area contributed by atoms with Crippen LogP contribution in [-0.2, 0) is 6.42 Å². The minimum atomic E-state index is -1.05. The first kappa shape index (κ1) is 12.5. The van der Waals surface area contributed by atoms with Gasteiger partial charge in [-0.1, -0.05) is 29.8 Å². The predicted molar refractivity (Wildman–Crippen MR) is 68.0 cm³/mol. The van der Waals surface area contributed by atoms with Gasteiger partial charge >= 0.3 is 5.97 Å². The van der Waals surface area contributed by atoms with Crippen molar-refractivity contribution in [1.82, 2.24) is 9.97 Å². The van der Waals surface area contributed by atoms with Crippen LogP contribution in [0.3, 0.4) is 0 Å². The van der Waals surface area contributed by atoms with Crippen LogP contribution in [0.5, 0.6) is 0 Å². The summed E-state index contributed by atoms with van der Waals surface area (Å²) in [5, 5.41) is 9.56. The van der Waals surface area contributed by atoms with Gasteiger partial charge in [0, 0.05) is 17.1 Å². The highest BCUT2D eigenvalue weighted by molar-refractivity contribution is 6.31. The normalized spacial score (nSPS) is 10.3. The van der Waals surface area contributed by atoms with Gasteiger partial charge in [0.15, 0.2) is 5.69 Å². The highest BCUT2D eigenvalue weighted by Crippen LogP contribution is 2.17. The fourth-order valence-electron chi connectivity index (χ4n) is 1.63. The second-order valence-electron chi connectivity index (χ2n) is 3.88. The van der Waals surface area contributed by atoms with E-state index in [9.17, 15) is 4.79 Å². The molecular weight excluding hydrogens is 252 g/mol. The zero-order chi connectivity index (χ0) is 13.1. The molecule has 0 saturated heterocycles. The lowest BCUT2D eigenvalue weighted by Gasteiger charge is -2.05. The summed E-state index contributed by atoms with van der Waals surface area (Å²) in [4.78, 5) is 19.1. The van der Waals surface area contributed by atoms with Gasteiger partial charge in [0.05, 0.1) is 0 Å². The quantitative estimate of drug-likeness (QED) is 0.924. The Morgan fingerprint density at radius 3 is 2.72 bits per heavy atom. The van der Waals surface area contributed by atoms with E-state index in [2.05, 4.69) is 9.97 Å². The number of rotatable bonds is 3. The summed E-state index contributed by atoms with van der Waals surface area (Å²) in [5.41, 5.74) is 1.51. The van der Waals surface area contributed by atoms with Crippen molar-refractivity contribution in [1.29, 1.82) is 0 Å². The molecule has 0 atom stereocenters. The molecule has 1 aromatic carbocycles. The maximum atomic E-state index is 10.9. The highest BCUT2D eigenvalue weighted by atomic mass is 35.5. The van der Waals surface area contributed by atoms with Crippen LogP contribution in [0.1, 0.15) is 27.6 Å². The highest BCUT2D eigenvalue weighted by Gasteiger charge is 2.10. The van der Waals surface area contributed by atoms with Crippen LogP contribution in [0.4, 0.5) is 0 Å². The summed E-state index contributed by atoms with van der Waals surface area (Å²) in [6, 6.07) is 8.80. The summed E-state index contributed by atoms with van der Waals surface area (Å²) in [6.45, 7) is 1.74. The topological polar surface area (TPSA) is 63.1 Å². The summed E-state index contributed by atoms with van der Waals surface area (Å²) in [7, 11) is 0. The van der Waals surface area contributed by atoms with Gasteiger partial charge in [-0.3, -0.25) is 0 Å². The van der Waals surface area contributed by atoms with E-state index in [4.69, 9.17) is 16.7 Å². The molecular formula is C13H11ClN2O2. The first-order valence-corrected chi connectivity index (χ1v) is 5.75. The molecule has 0 bridgehead atoms. The molecule has 92 valence electrons. The molecule has 5 heteroatoms. The van der Waals surface area contributed by atoms with Crippen molar-refractivity contribution in [3.8, 4) is 0 Å². The molecule has 0 radical (unpaired) electrons. The zero-order valence-corrected chi connectivity index (χ0v) is 10.5. The molecule has 0 saturated carbocycles. The van der Waals surface area contributed by atoms with Crippen LogP contribution >= 0.6 is 11.6 Å². The van der Waals surface area contributed by atoms with Gasteiger partial charge in [-0.05, 0) is 24.6 Å². The van der Waals surface area contributed by atoms with Gasteiger partial charge in [0.25, 0.3) is 0 Å². The minimum Gasteiger partial charge on any atom is -0.477 e. The summed E-state index contributed by atoms with van der Waals surface area (Å²) >= 11 is 6.04. The Balaban J connectivity index is 2.35. The van der Waals surface area contributed by atoms with Crippen LogP contribution in [0.15, 0.2) is 30.3 Å². The van der Waals surface area contributed by atoms with Crippen LogP contribution in [-0.4, -0.2) is 21.0 Å². The van der Waals surface area contributed by atoms with E-state index in [1.807, 2.05) is 18.2 Å². The first-order valence-electron chi connectivity index (χ1n) is 5.37. The summed E-state index contributed by atoms with van der Waals surface area (Å²) in [6.07, 6.45) is 0.418. The van der Waals surface area contributed by atoms with E-state index in [1.54, 1.807) is 13.0 Å². The molecule has 18 heavy (non-hydrogen) atoms. The maximum Gasteiger partial charge on any atom is 0.354 e. The SMILES string of the molecule is Cc1cc(C(=O)O)nc(Cc2ccccc2Cl)n1. The number of benzene rings is 1. The molecule has 2 rings (SSSR count). The van der Waals surface area contributed by atoms with Crippen molar-refractivity contribution < 1.29 is 9.90 Å². The Hall–Kier alpha value is -1.94. The van der Waals surface area contributed by atoms with Gasteiger partial charge in [-0.2, -0.15) is 0 Å². The first-order chi connectivity index (χ1) is 8.56. The Bertz CT molecular complexity index is 599. The number of aromatic carboxylic acids is 1. The summed E-state index contributed by atoms with van der Waals surface area (Å²) < 4.78 is 0. The largest absolute Gasteiger partial charge is 0.477 e. The van der Waals surface area contributed by atoms with E-state index in [-0.39, 0.29) is 5.69 Å². The number of aryl methyl sites for hydroxylation is 1. The number of hydrogen-bond acceptors (Lipinski definition) is 3. The minimum absolute atomic E-state index is 0.00422. The van der Waals surface area contributed by atoms with Crippen LogP contribution in [0.2, 0.25) is 5.02 Å². The lowest BCUT2D eigenvalue weighted by Crippen LogP contribution is -2.07. The monoisotopic (exact) mass is 262 g/mol. The smallest absolute Gasteiger partial charge is 0.354 e. The van der Waals surface area contributed by atoms with Crippen molar-refractivity contribution in [2.75, 3.05) is 0 Å². The Morgan fingerprint density at radius 1 is 1.33 bits per heavy atom. The molecule has 0 aliphatic carbocycles. The number of nitrogens with zero attached hydrogens (tertiary/aromatic N) is 2. The lowest BCUT2D eigenvalue weighted by atomic mass is 10.1. The summed E-state index contributed by atoms with van der Waals surface area (Å²) in [5.74, 6) is -0.596. The molecule has 0 aliphatic heterocycles. The maximum absolute atomic E-state index is 10.9. The van der Waals surface area contributed by atoms with Gasteiger partial charge < -0.3 is 5.11 Å². The number of carbonyl (C=O) groups is 1. The van der Waals surface area contributed by atoms with Gasteiger partial charge in [-0.25, -0.2) is 14.8 Å². The molecule has 0 amide bonds. The van der Waals surface area contributed by atoms with E-state index < -0.39 is 5.97 Å². The fraction of sp³-hybridized carbons (Fsp3) is 0.154. The zero-order valence-electron chi connectivity index (χ0n) is 9.72. The molecule has 0 unspecified atom stereocenters. The molecule has 0 fully saturated rings. The number of aromatic nitrogens is 2. The second kappa shape index (κ2) is 5.14. The van der Waals surface area contributed by atoms with Gasteiger partial charge in [0.1, 0.15) is 5.82 Å². The Kier molecular flexibility index (Phi) is 3.58. The Morgan fingerprint density at radius 2 is 2.06 bits per heavy atom. The van der Waals surface area contributed by atoms with Crippen molar-refractivity contribution in [2.45, 2.75) is 13.3 Å². The fourth-order valence-corrected chi connectivity index (χ4v) is 1.83. The van der Waals surface area contributed by atoms with E-state index in [0.29, 0.717) is 23.0 Å². The van der Waals surface area contributed by atoms with E-state index in [1.165, 1.54) is 6.07 Å². The van der Waals surface area contributed by atoms with Gasteiger partial charge in [0.2, 0.25) is 0 Å². The second-order valence-corrected chi connectivity index (χ2v) is 4.29. The van der Waals surface area contributed by atoms with Gasteiger partial charge in [-0.15, -0.1) is 0 Å². The average Bonchev–Trinajstić information content (AvgIpc) is 2.31. The van der Waals surface area contributed by atoms with Crippen LogP contribution < -0.4 is 0 Å². The van der Waals surface area contributed by atoms with Crippen LogP contribution in [0, 0.1) is 6.92 Å². The van der Waals surface area contributed by atoms with E-state index in [0.717, 1.165) is 5.56 Å². The number of hydrogen-bond donors (Lipinski definition) is 1. The average molecular weight is 263 g/mol. The van der Waals surface area contributed by atoms with Crippen molar-refractivity contribution in [2.24, 2.45) is 0 Å². The number of carboxylic acid groups (broad SMARTS) is 1. The molecule has 0 spiro atoms. The molecule has 0 aliphatic rings. The number of halogens is 1. The molecule has 4 nitrogen and oxygen atoms in total. The van der Waals surface area contributed by atoms with Crippen LogP contribution in [0.25, 0.3) is 0 Å². The number of carboxylic acids is 1. The third kappa shape index (κ3) is 2.84. The van der Waals surface area contributed by atoms with Crippen molar-refractivity contribution in [3.63, 3.8) is 0 Å².